The highest BCUT2D eigenvalue weighted by atomic mass is 32.2. The summed E-state index contributed by atoms with van der Waals surface area (Å²) in [5.41, 5.74) is 1.30. The first-order chi connectivity index (χ1) is 13.6. The van der Waals surface area contributed by atoms with E-state index in [2.05, 4.69) is 0 Å². The van der Waals surface area contributed by atoms with Crippen molar-refractivity contribution in [3.8, 4) is 11.5 Å². The molecular formula is C20H20N2O5S. The monoisotopic (exact) mass is 400 g/mol. The van der Waals surface area contributed by atoms with Gasteiger partial charge in [-0.05, 0) is 48.9 Å². The van der Waals surface area contributed by atoms with Crippen molar-refractivity contribution >= 4 is 23.4 Å². The van der Waals surface area contributed by atoms with Crippen molar-refractivity contribution in [3.63, 3.8) is 0 Å². The molecule has 0 N–H and O–H groups in total. The molecule has 0 bridgehead atoms. The molecule has 4 rings (SSSR count). The zero-order valence-electron chi connectivity index (χ0n) is 15.4. The van der Waals surface area contributed by atoms with Gasteiger partial charge in [-0.2, -0.15) is 0 Å². The number of fused-ring (bicyclic) bond motifs is 1. The molecule has 0 unspecified atom stereocenters. The van der Waals surface area contributed by atoms with Crippen molar-refractivity contribution in [1.82, 2.24) is 4.90 Å². The Labute approximate surface area is 166 Å². The second kappa shape index (κ2) is 7.71. The Kier molecular flexibility index (Phi) is 5.13. The number of thioether (sulfide) groups is 1. The number of likely N-dealkylation sites (tertiary alicyclic amines) is 1. The largest absolute Gasteiger partial charge is 0.486 e. The number of carbonyl (C=O) groups is 1. The van der Waals surface area contributed by atoms with Gasteiger partial charge in [0.25, 0.3) is 11.6 Å². The lowest BCUT2D eigenvalue weighted by atomic mass is 10.0. The topological polar surface area (TPSA) is 81.9 Å². The summed E-state index contributed by atoms with van der Waals surface area (Å²) in [4.78, 5) is 26.4. The molecule has 1 saturated heterocycles. The molecule has 2 heterocycles. The smallest absolute Gasteiger partial charge is 0.283 e. The molecule has 7 nitrogen and oxygen atoms in total. The van der Waals surface area contributed by atoms with Gasteiger partial charge in [0.05, 0.1) is 15.9 Å². The van der Waals surface area contributed by atoms with E-state index in [1.54, 1.807) is 23.3 Å². The van der Waals surface area contributed by atoms with Crippen LogP contribution in [0.3, 0.4) is 0 Å². The summed E-state index contributed by atoms with van der Waals surface area (Å²) in [6.45, 7) is 1.66. The SMILES string of the molecule is CSc1ccc(C(=O)N2CCC[C@H]2c2ccc3c(c2)OCCO3)cc1[N+](=O)[O-]. The molecule has 146 valence electrons. The van der Waals surface area contributed by atoms with Gasteiger partial charge in [0.2, 0.25) is 0 Å². The summed E-state index contributed by atoms with van der Waals surface area (Å²) in [6.07, 6.45) is 3.51. The minimum absolute atomic E-state index is 0.0339. The Morgan fingerprint density at radius 1 is 1.18 bits per heavy atom. The number of benzene rings is 2. The molecule has 0 spiro atoms. The van der Waals surface area contributed by atoms with E-state index in [0.29, 0.717) is 41.7 Å². The molecule has 8 heteroatoms. The molecule has 0 aromatic heterocycles. The average molecular weight is 400 g/mol. The van der Waals surface area contributed by atoms with Gasteiger partial charge in [-0.15, -0.1) is 11.8 Å². The fourth-order valence-corrected chi connectivity index (χ4v) is 4.30. The van der Waals surface area contributed by atoms with Crippen LogP contribution in [0.5, 0.6) is 11.5 Å². The Morgan fingerprint density at radius 3 is 2.71 bits per heavy atom. The van der Waals surface area contributed by atoms with Gasteiger partial charge in [0.15, 0.2) is 11.5 Å². The highest BCUT2D eigenvalue weighted by Crippen LogP contribution is 2.39. The van der Waals surface area contributed by atoms with E-state index in [4.69, 9.17) is 9.47 Å². The number of ether oxygens (including phenoxy) is 2. The maximum Gasteiger partial charge on any atom is 0.283 e. The number of amides is 1. The molecule has 1 fully saturated rings. The highest BCUT2D eigenvalue weighted by Gasteiger charge is 2.32. The number of hydrogen-bond acceptors (Lipinski definition) is 6. The Balaban J connectivity index is 1.62. The molecule has 2 aromatic rings. The summed E-state index contributed by atoms with van der Waals surface area (Å²) in [5, 5.41) is 11.3. The van der Waals surface area contributed by atoms with E-state index >= 15 is 0 Å². The Morgan fingerprint density at radius 2 is 1.96 bits per heavy atom. The van der Waals surface area contributed by atoms with Gasteiger partial charge in [-0.1, -0.05) is 6.07 Å². The third-order valence-electron chi connectivity index (χ3n) is 5.09. The summed E-state index contributed by atoms with van der Waals surface area (Å²) < 4.78 is 11.2. The van der Waals surface area contributed by atoms with E-state index in [9.17, 15) is 14.9 Å². The Bertz CT molecular complexity index is 933. The van der Waals surface area contributed by atoms with Gasteiger partial charge in [-0.3, -0.25) is 14.9 Å². The molecule has 0 radical (unpaired) electrons. The molecule has 2 aliphatic heterocycles. The van der Waals surface area contributed by atoms with Crippen LogP contribution in [-0.4, -0.2) is 41.7 Å². The molecule has 28 heavy (non-hydrogen) atoms. The third-order valence-corrected chi connectivity index (χ3v) is 5.87. The van der Waals surface area contributed by atoms with Crippen LogP contribution in [0, 0.1) is 10.1 Å². The van der Waals surface area contributed by atoms with Crippen LogP contribution in [0.25, 0.3) is 0 Å². The summed E-state index contributed by atoms with van der Waals surface area (Å²) >= 11 is 1.29. The van der Waals surface area contributed by atoms with Gasteiger partial charge in [0, 0.05) is 18.2 Å². The van der Waals surface area contributed by atoms with Crippen LogP contribution in [-0.2, 0) is 0 Å². The first-order valence-corrected chi connectivity index (χ1v) is 10.3. The van der Waals surface area contributed by atoms with Crippen LogP contribution in [0.1, 0.15) is 34.8 Å². The van der Waals surface area contributed by atoms with E-state index < -0.39 is 4.92 Å². The molecule has 1 amide bonds. The van der Waals surface area contributed by atoms with E-state index in [0.717, 1.165) is 18.4 Å². The average Bonchev–Trinajstić information content (AvgIpc) is 3.22. The minimum atomic E-state index is -0.440. The fourth-order valence-electron chi connectivity index (χ4n) is 3.76. The van der Waals surface area contributed by atoms with E-state index in [-0.39, 0.29) is 17.6 Å². The standard InChI is InChI=1S/C20H20N2O5S/c1-28-19-7-5-14(11-16(19)22(24)25)20(23)21-8-2-3-15(21)13-4-6-17-18(12-13)27-10-9-26-17/h4-7,11-12,15H,2-3,8-10H2,1H3/t15-/m0/s1. The van der Waals surface area contributed by atoms with Gasteiger partial charge >= 0.3 is 0 Å². The van der Waals surface area contributed by atoms with Crippen LogP contribution in [0.4, 0.5) is 5.69 Å². The minimum Gasteiger partial charge on any atom is -0.486 e. The second-order valence-corrected chi connectivity index (χ2v) is 7.55. The maximum atomic E-state index is 13.1. The van der Waals surface area contributed by atoms with Crippen LogP contribution in [0.2, 0.25) is 0 Å². The van der Waals surface area contributed by atoms with Crippen molar-refractivity contribution in [1.29, 1.82) is 0 Å². The number of nitrogens with zero attached hydrogens (tertiary/aromatic N) is 2. The van der Waals surface area contributed by atoms with Crippen molar-refractivity contribution in [2.45, 2.75) is 23.8 Å². The lowest BCUT2D eigenvalue weighted by Gasteiger charge is -2.27. The molecule has 0 saturated carbocycles. The quantitative estimate of drug-likeness (QED) is 0.437. The first-order valence-electron chi connectivity index (χ1n) is 9.11. The number of hydrogen-bond donors (Lipinski definition) is 0. The highest BCUT2D eigenvalue weighted by molar-refractivity contribution is 7.98. The van der Waals surface area contributed by atoms with Gasteiger partial charge in [0.1, 0.15) is 13.2 Å². The van der Waals surface area contributed by atoms with Crippen molar-refractivity contribution in [3.05, 3.63) is 57.6 Å². The lowest BCUT2D eigenvalue weighted by molar-refractivity contribution is -0.387. The van der Waals surface area contributed by atoms with Crippen LogP contribution in [0.15, 0.2) is 41.3 Å². The molecule has 2 aromatic carbocycles. The van der Waals surface area contributed by atoms with E-state index in [1.165, 1.54) is 17.8 Å². The summed E-state index contributed by atoms with van der Waals surface area (Å²) in [5.74, 6) is 1.23. The number of nitro groups is 1. The van der Waals surface area contributed by atoms with Gasteiger partial charge in [-0.25, -0.2) is 0 Å². The normalized spacial score (nSPS) is 18.2. The van der Waals surface area contributed by atoms with Crippen LogP contribution >= 0.6 is 11.8 Å². The van der Waals surface area contributed by atoms with Crippen molar-refractivity contribution in [2.24, 2.45) is 0 Å². The predicted molar refractivity (Wildman–Crippen MR) is 105 cm³/mol. The summed E-state index contributed by atoms with van der Waals surface area (Å²) in [7, 11) is 0. The number of nitro benzene ring substituents is 1. The Hall–Kier alpha value is -2.74. The fraction of sp³-hybridized carbons (Fsp3) is 0.350. The maximum absolute atomic E-state index is 13.1. The molecular weight excluding hydrogens is 380 g/mol. The second-order valence-electron chi connectivity index (χ2n) is 6.70. The molecule has 1 atom stereocenters. The summed E-state index contributed by atoms with van der Waals surface area (Å²) in [6, 6.07) is 10.4. The zero-order chi connectivity index (χ0) is 19.7. The third kappa shape index (κ3) is 3.40. The predicted octanol–water partition coefficient (Wildman–Crippen LogP) is 4.07. The lowest BCUT2D eigenvalue weighted by Crippen LogP contribution is -2.30. The van der Waals surface area contributed by atoms with Crippen molar-refractivity contribution in [2.75, 3.05) is 26.0 Å². The van der Waals surface area contributed by atoms with Crippen molar-refractivity contribution < 1.29 is 19.2 Å². The molecule has 0 aliphatic carbocycles. The number of rotatable bonds is 4. The van der Waals surface area contributed by atoms with E-state index in [1.807, 2.05) is 18.2 Å². The van der Waals surface area contributed by atoms with Crippen LogP contribution < -0.4 is 9.47 Å². The first kappa shape index (κ1) is 18.6. The number of carbonyl (C=O) groups excluding carboxylic acids is 1. The van der Waals surface area contributed by atoms with Gasteiger partial charge < -0.3 is 14.4 Å². The zero-order valence-corrected chi connectivity index (χ0v) is 16.2. The molecule has 2 aliphatic rings.